The Bertz CT molecular complexity index is 732. The van der Waals surface area contributed by atoms with E-state index in [2.05, 4.69) is 13.8 Å². The van der Waals surface area contributed by atoms with Crippen molar-refractivity contribution in [1.29, 1.82) is 0 Å². The second-order valence-electron chi connectivity index (χ2n) is 19.6. The average molecular weight is 832 g/mol. The molecule has 0 amide bonds. The lowest BCUT2D eigenvalue weighted by Gasteiger charge is -2.06. The van der Waals surface area contributed by atoms with Gasteiger partial charge in [0.2, 0.25) is 0 Å². The summed E-state index contributed by atoms with van der Waals surface area (Å²) >= 11 is 0. The standard InChI is InChI=1S/C57H114O2/c1-3-5-7-9-11-13-15-17-19-21-23-25-27-29-30-31-33-35-37-39-41-43-45-47-49-51-53-55-57(58)59-56-54-52-50-48-46-44-42-40-38-36-34-32-28-26-24-22-20-18-16-14-12-10-8-6-4-2/h3-56H2,1-2H3. The van der Waals surface area contributed by atoms with Crippen LogP contribution in [0.3, 0.4) is 0 Å². The SMILES string of the molecule is CCCCCCCCCCCCCCCCCCCCCCCCCCCCCC(=O)OCCCCCCCCCCCCCCCCCCCCCCCCCCC. The monoisotopic (exact) mass is 831 g/mol. The first-order chi connectivity index (χ1) is 29.3. The molecule has 354 valence electrons. The minimum atomic E-state index is 0.0360. The van der Waals surface area contributed by atoms with E-state index in [1.165, 1.54) is 321 Å². The Balaban J connectivity index is 3.14. The summed E-state index contributed by atoms with van der Waals surface area (Å²) in [5.74, 6) is 0.0360. The van der Waals surface area contributed by atoms with Crippen molar-refractivity contribution in [3.8, 4) is 0 Å². The van der Waals surface area contributed by atoms with Crippen molar-refractivity contribution in [2.45, 2.75) is 354 Å². The molecule has 0 aliphatic rings. The lowest BCUT2D eigenvalue weighted by Crippen LogP contribution is -2.05. The molecular weight excluding hydrogens is 717 g/mol. The highest BCUT2D eigenvalue weighted by atomic mass is 16.5. The van der Waals surface area contributed by atoms with Gasteiger partial charge in [0.05, 0.1) is 6.61 Å². The fourth-order valence-corrected chi connectivity index (χ4v) is 9.26. The summed E-state index contributed by atoms with van der Waals surface area (Å²) in [6, 6.07) is 0. The Kier molecular flexibility index (Phi) is 55.0. The largest absolute Gasteiger partial charge is 0.466 e. The molecule has 0 rings (SSSR count). The van der Waals surface area contributed by atoms with Gasteiger partial charge in [0.25, 0.3) is 0 Å². The molecule has 0 aliphatic carbocycles. The predicted octanol–water partition coefficient (Wildman–Crippen LogP) is 21.2. The first-order valence-electron chi connectivity index (χ1n) is 28.5. The van der Waals surface area contributed by atoms with Crippen LogP contribution in [-0.2, 0) is 9.53 Å². The van der Waals surface area contributed by atoms with Crippen molar-refractivity contribution in [1.82, 2.24) is 0 Å². The number of esters is 1. The van der Waals surface area contributed by atoms with Gasteiger partial charge < -0.3 is 4.74 Å². The van der Waals surface area contributed by atoms with Gasteiger partial charge in [-0.25, -0.2) is 0 Å². The minimum Gasteiger partial charge on any atom is -0.466 e. The zero-order valence-corrected chi connectivity index (χ0v) is 41.5. The van der Waals surface area contributed by atoms with Gasteiger partial charge in [0.1, 0.15) is 0 Å². The second kappa shape index (κ2) is 55.5. The fourth-order valence-electron chi connectivity index (χ4n) is 9.26. The van der Waals surface area contributed by atoms with E-state index in [9.17, 15) is 4.79 Å². The van der Waals surface area contributed by atoms with Crippen LogP contribution in [0.1, 0.15) is 354 Å². The molecule has 0 radical (unpaired) electrons. The zero-order chi connectivity index (χ0) is 42.5. The van der Waals surface area contributed by atoms with E-state index < -0.39 is 0 Å². The molecule has 0 N–H and O–H groups in total. The summed E-state index contributed by atoms with van der Waals surface area (Å²) < 4.78 is 5.51. The third kappa shape index (κ3) is 55.5. The molecule has 0 fully saturated rings. The van der Waals surface area contributed by atoms with Crippen molar-refractivity contribution in [3.63, 3.8) is 0 Å². The van der Waals surface area contributed by atoms with Crippen molar-refractivity contribution in [2.24, 2.45) is 0 Å². The van der Waals surface area contributed by atoms with Gasteiger partial charge in [-0.1, -0.05) is 335 Å². The van der Waals surface area contributed by atoms with E-state index in [4.69, 9.17) is 4.74 Å². The maximum atomic E-state index is 12.1. The Morgan fingerprint density at radius 1 is 0.220 bits per heavy atom. The molecule has 0 saturated heterocycles. The molecule has 59 heavy (non-hydrogen) atoms. The van der Waals surface area contributed by atoms with Crippen molar-refractivity contribution < 1.29 is 9.53 Å². The van der Waals surface area contributed by atoms with Gasteiger partial charge >= 0.3 is 5.97 Å². The first kappa shape index (κ1) is 58.5. The first-order valence-corrected chi connectivity index (χ1v) is 28.5. The van der Waals surface area contributed by atoms with Crippen molar-refractivity contribution in [2.75, 3.05) is 6.61 Å². The third-order valence-electron chi connectivity index (χ3n) is 13.5. The van der Waals surface area contributed by atoms with Crippen LogP contribution >= 0.6 is 0 Å². The third-order valence-corrected chi connectivity index (χ3v) is 13.5. The highest BCUT2D eigenvalue weighted by Crippen LogP contribution is 2.18. The summed E-state index contributed by atoms with van der Waals surface area (Å²) in [5.41, 5.74) is 0. The van der Waals surface area contributed by atoms with Gasteiger partial charge in [-0.2, -0.15) is 0 Å². The fraction of sp³-hybridized carbons (Fsp3) is 0.982. The molecule has 0 aromatic carbocycles. The Hall–Kier alpha value is -0.530. The molecule has 0 heterocycles. The Morgan fingerprint density at radius 3 is 0.559 bits per heavy atom. The Labute approximate surface area is 374 Å². The number of carbonyl (C=O) groups excluding carboxylic acids is 1. The van der Waals surface area contributed by atoms with Gasteiger partial charge in [-0.3, -0.25) is 4.79 Å². The molecular formula is C57H114O2. The number of ether oxygens (including phenoxy) is 1. The summed E-state index contributed by atoms with van der Waals surface area (Å²) in [5, 5.41) is 0. The summed E-state index contributed by atoms with van der Waals surface area (Å²) in [7, 11) is 0. The molecule has 2 heteroatoms. The maximum Gasteiger partial charge on any atom is 0.305 e. The second-order valence-corrected chi connectivity index (χ2v) is 19.6. The minimum absolute atomic E-state index is 0.0360. The molecule has 0 atom stereocenters. The molecule has 0 aliphatic heterocycles. The molecule has 0 spiro atoms. The van der Waals surface area contributed by atoms with E-state index >= 15 is 0 Å². The van der Waals surface area contributed by atoms with E-state index in [0.29, 0.717) is 13.0 Å². The molecule has 0 unspecified atom stereocenters. The topological polar surface area (TPSA) is 26.3 Å². The number of unbranched alkanes of at least 4 members (excludes halogenated alkanes) is 50. The molecule has 2 nitrogen and oxygen atoms in total. The smallest absolute Gasteiger partial charge is 0.305 e. The Morgan fingerprint density at radius 2 is 0.373 bits per heavy atom. The summed E-state index contributed by atoms with van der Waals surface area (Å²) in [6.07, 6.45) is 74.3. The van der Waals surface area contributed by atoms with Crippen LogP contribution in [0, 0.1) is 0 Å². The zero-order valence-electron chi connectivity index (χ0n) is 41.5. The van der Waals surface area contributed by atoms with Crippen LogP contribution in [-0.4, -0.2) is 12.6 Å². The summed E-state index contributed by atoms with van der Waals surface area (Å²) in [6.45, 7) is 5.25. The van der Waals surface area contributed by atoms with Crippen LogP contribution in [0.15, 0.2) is 0 Å². The van der Waals surface area contributed by atoms with Gasteiger partial charge in [-0.05, 0) is 12.8 Å². The van der Waals surface area contributed by atoms with E-state index in [1.807, 2.05) is 0 Å². The average Bonchev–Trinajstić information content (AvgIpc) is 3.24. The molecule has 0 bridgehead atoms. The lowest BCUT2D eigenvalue weighted by atomic mass is 10.0. The van der Waals surface area contributed by atoms with Gasteiger partial charge in [0, 0.05) is 6.42 Å². The highest BCUT2D eigenvalue weighted by Gasteiger charge is 2.03. The van der Waals surface area contributed by atoms with Crippen molar-refractivity contribution >= 4 is 5.97 Å². The number of rotatable bonds is 54. The van der Waals surface area contributed by atoms with Crippen molar-refractivity contribution in [3.05, 3.63) is 0 Å². The number of hydrogen-bond donors (Lipinski definition) is 0. The number of carbonyl (C=O) groups is 1. The summed E-state index contributed by atoms with van der Waals surface area (Å²) in [4.78, 5) is 12.1. The van der Waals surface area contributed by atoms with Crippen LogP contribution in [0.5, 0.6) is 0 Å². The molecule has 0 aromatic rings. The van der Waals surface area contributed by atoms with Gasteiger partial charge in [0.15, 0.2) is 0 Å². The molecule has 0 aromatic heterocycles. The van der Waals surface area contributed by atoms with Crippen LogP contribution in [0.4, 0.5) is 0 Å². The number of hydrogen-bond acceptors (Lipinski definition) is 2. The molecule has 0 saturated carbocycles. The lowest BCUT2D eigenvalue weighted by molar-refractivity contribution is -0.143. The van der Waals surface area contributed by atoms with Crippen LogP contribution in [0.2, 0.25) is 0 Å². The predicted molar refractivity (Wildman–Crippen MR) is 267 cm³/mol. The van der Waals surface area contributed by atoms with Gasteiger partial charge in [-0.15, -0.1) is 0 Å². The maximum absolute atomic E-state index is 12.1. The van der Waals surface area contributed by atoms with E-state index in [-0.39, 0.29) is 5.97 Å². The van der Waals surface area contributed by atoms with E-state index in [1.54, 1.807) is 0 Å². The van der Waals surface area contributed by atoms with Crippen LogP contribution in [0.25, 0.3) is 0 Å². The quantitative estimate of drug-likeness (QED) is 0.0451. The normalized spacial score (nSPS) is 11.6. The van der Waals surface area contributed by atoms with E-state index in [0.717, 1.165) is 12.8 Å². The highest BCUT2D eigenvalue weighted by molar-refractivity contribution is 5.69. The van der Waals surface area contributed by atoms with Crippen LogP contribution < -0.4 is 0 Å².